The van der Waals surface area contributed by atoms with Gasteiger partial charge in [0.25, 0.3) is 0 Å². The van der Waals surface area contributed by atoms with E-state index in [2.05, 4.69) is 157 Å². The molecule has 7 aromatic carbocycles. The van der Waals surface area contributed by atoms with Crippen LogP contribution in [-0.2, 0) is 0 Å². The van der Waals surface area contributed by atoms with Gasteiger partial charge in [-0.15, -0.1) is 0 Å². The first kappa shape index (κ1) is 21.4. The summed E-state index contributed by atoms with van der Waals surface area (Å²) in [5.41, 5.74) is 6.00. The predicted molar refractivity (Wildman–Crippen MR) is 159 cm³/mol. The highest BCUT2D eigenvalue weighted by atomic mass is 15.1. The summed E-state index contributed by atoms with van der Waals surface area (Å²) in [6.45, 7) is 0. The standard InChI is InChI=1S/C36H25N/c1-3-15-29(16-4-1)37(30-17-5-2-6-18-30)31-22-23-32-28(25-31)14-11-21-35(32)36-33-19-9-7-12-26(33)24-27-13-8-10-20-34(27)36/h1-25H. The van der Waals surface area contributed by atoms with Gasteiger partial charge in [-0.1, -0.05) is 109 Å². The lowest BCUT2D eigenvalue weighted by Crippen LogP contribution is -2.09. The zero-order valence-electron chi connectivity index (χ0n) is 20.4. The van der Waals surface area contributed by atoms with Gasteiger partial charge in [0, 0.05) is 17.1 Å². The maximum absolute atomic E-state index is 2.32. The molecule has 0 aliphatic carbocycles. The van der Waals surface area contributed by atoms with Crippen molar-refractivity contribution >= 4 is 49.4 Å². The van der Waals surface area contributed by atoms with Gasteiger partial charge in [-0.25, -0.2) is 0 Å². The summed E-state index contributed by atoms with van der Waals surface area (Å²) in [5, 5.41) is 7.59. The van der Waals surface area contributed by atoms with E-state index >= 15 is 0 Å². The van der Waals surface area contributed by atoms with E-state index in [4.69, 9.17) is 0 Å². The molecule has 1 heteroatoms. The molecule has 0 spiro atoms. The van der Waals surface area contributed by atoms with Crippen LogP contribution in [0.25, 0.3) is 43.4 Å². The maximum Gasteiger partial charge on any atom is 0.0468 e. The Kier molecular flexibility index (Phi) is 5.19. The van der Waals surface area contributed by atoms with Gasteiger partial charge in [0.1, 0.15) is 0 Å². The molecule has 0 atom stereocenters. The number of rotatable bonds is 4. The highest BCUT2D eigenvalue weighted by Gasteiger charge is 2.15. The molecule has 0 unspecified atom stereocenters. The number of benzene rings is 7. The minimum atomic E-state index is 1.14. The van der Waals surface area contributed by atoms with Crippen LogP contribution in [0.2, 0.25) is 0 Å². The Morgan fingerprint density at radius 1 is 0.324 bits per heavy atom. The van der Waals surface area contributed by atoms with E-state index in [0.29, 0.717) is 0 Å². The molecular formula is C36H25N. The third kappa shape index (κ3) is 3.73. The summed E-state index contributed by atoms with van der Waals surface area (Å²) in [5.74, 6) is 0. The van der Waals surface area contributed by atoms with Crippen LogP contribution in [0.15, 0.2) is 152 Å². The first-order valence-corrected chi connectivity index (χ1v) is 12.7. The zero-order chi connectivity index (χ0) is 24.6. The van der Waals surface area contributed by atoms with Crippen LogP contribution >= 0.6 is 0 Å². The van der Waals surface area contributed by atoms with Gasteiger partial charge >= 0.3 is 0 Å². The molecule has 1 nitrogen and oxygen atoms in total. The van der Waals surface area contributed by atoms with Crippen molar-refractivity contribution in [2.24, 2.45) is 0 Å². The second-order valence-corrected chi connectivity index (χ2v) is 9.41. The van der Waals surface area contributed by atoms with Crippen LogP contribution in [0, 0.1) is 0 Å². The zero-order valence-corrected chi connectivity index (χ0v) is 20.4. The Bertz CT molecular complexity index is 1780. The van der Waals surface area contributed by atoms with Gasteiger partial charge < -0.3 is 4.90 Å². The molecule has 0 saturated carbocycles. The molecule has 0 N–H and O–H groups in total. The number of para-hydroxylation sites is 2. The lowest BCUT2D eigenvalue weighted by atomic mass is 9.89. The molecule has 0 aliphatic heterocycles. The average Bonchev–Trinajstić information content (AvgIpc) is 2.97. The van der Waals surface area contributed by atoms with Crippen molar-refractivity contribution in [1.29, 1.82) is 0 Å². The SMILES string of the molecule is c1ccc(N(c2ccccc2)c2ccc3c(-c4c5ccccc5cc5ccccc45)cccc3c2)cc1. The van der Waals surface area contributed by atoms with Crippen molar-refractivity contribution in [3.63, 3.8) is 0 Å². The van der Waals surface area contributed by atoms with Gasteiger partial charge in [-0.05, 0) is 85.9 Å². The van der Waals surface area contributed by atoms with Crippen molar-refractivity contribution in [3.05, 3.63) is 152 Å². The predicted octanol–water partition coefficient (Wildman–Crippen LogP) is 10.3. The molecule has 37 heavy (non-hydrogen) atoms. The summed E-state index contributed by atoms with van der Waals surface area (Å²) >= 11 is 0. The first-order valence-electron chi connectivity index (χ1n) is 12.7. The van der Waals surface area contributed by atoms with E-state index in [1.807, 2.05) is 0 Å². The Hall–Kier alpha value is -4.88. The van der Waals surface area contributed by atoms with E-state index in [1.54, 1.807) is 0 Å². The Labute approximate surface area is 216 Å². The highest BCUT2D eigenvalue weighted by Crippen LogP contribution is 2.41. The van der Waals surface area contributed by atoms with E-state index in [-0.39, 0.29) is 0 Å². The molecule has 0 bridgehead atoms. The van der Waals surface area contributed by atoms with Crippen LogP contribution in [0.1, 0.15) is 0 Å². The fourth-order valence-electron chi connectivity index (χ4n) is 5.53. The van der Waals surface area contributed by atoms with Gasteiger partial charge in [0.15, 0.2) is 0 Å². The normalized spacial score (nSPS) is 11.2. The Balaban J connectivity index is 1.47. The second-order valence-electron chi connectivity index (χ2n) is 9.41. The number of nitrogens with zero attached hydrogens (tertiary/aromatic N) is 1. The van der Waals surface area contributed by atoms with Crippen molar-refractivity contribution in [1.82, 2.24) is 0 Å². The third-order valence-electron chi connectivity index (χ3n) is 7.19. The molecule has 0 aromatic heterocycles. The lowest BCUT2D eigenvalue weighted by Gasteiger charge is -2.26. The van der Waals surface area contributed by atoms with Crippen LogP contribution in [0.3, 0.4) is 0 Å². The van der Waals surface area contributed by atoms with Crippen molar-refractivity contribution in [2.45, 2.75) is 0 Å². The molecule has 7 aromatic rings. The summed E-state index contributed by atoms with van der Waals surface area (Å²) in [6, 6.07) is 54.4. The molecule has 0 fully saturated rings. The van der Waals surface area contributed by atoms with E-state index in [0.717, 1.165) is 17.1 Å². The number of fused-ring (bicyclic) bond motifs is 3. The van der Waals surface area contributed by atoms with Gasteiger partial charge in [-0.3, -0.25) is 0 Å². The summed E-state index contributed by atoms with van der Waals surface area (Å²) in [6.07, 6.45) is 0. The minimum absolute atomic E-state index is 1.14. The van der Waals surface area contributed by atoms with Crippen molar-refractivity contribution in [2.75, 3.05) is 4.90 Å². The van der Waals surface area contributed by atoms with Crippen LogP contribution in [0.5, 0.6) is 0 Å². The van der Waals surface area contributed by atoms with E-state index < -0.39 is 0 Å². The van der Waals surface area contributed by atoms with Crippen molar-refractivity contribution in [3.8, 4) is 11.1 Å². The third-order valence-corrected chi connectivity index (χ3v) is 7.19. The van der Waals surface area contributed by atoms with Crippen LogP contribution < -0.4 is 4.90 Å². The number of hydrogen-bond acceptors (Lipinski definition) is 1. The van der Waals surface area contributed by atoms with Crippen molar-refractivity contribution < 1.29 is 0 Å². The lowest BCUT2D eigenvalue weighted by molar-refractivity contribution is 1.29. The van der Waals surface area contributed by atoms with E-state index in [1.165, 1.54) is 43.4 Å². The molecule has 0 radical (unpaired) electrons. The van der Waals surface area contributed by atoms with Gasteiger partial charge in [0.05, 0.1) is 0 Å². The molecule has 0 saturated heterocycles. The quantitative estimate of drug-likeness (QED) is 0.231. The fourth-order valence-corrected chi connectivity index (χ4v) is 5.53. The average molecular weight is 472 g/mol. The Morgan fingerprint density at radius 2 is 0.838 bits per heavy atom. The monoisotopic (exact) mass is 471 g/mol. The molecular weight excluding hydrogens is 446 g/mol. The topological polar surface area (TPSA) is 3.24 Å². The first-order chi connectivity index (χ1) is 18.4. The van der Waals surface area contributed by atoms with Crippen LogP contribution in [-0.4, -0.2) is 0 Å². The largest absolute Gasteiger partial charge is 0.310 e. The number of anilines is 3. The maximum atomic E-state index is 2.32. The summed E-state index contributed by atoms with van der Waals surface area (Å²) in [7, 11) is 0. The number of hydrogen-bond donors (Lipinski definition) is 0. The van der Waals surface area contributed by atoms with E-state index in [9.17, 15) is 0 Å². The molecule has 0 aliphatic rings. The minimum Gasteiger partial charge on any atom is -0.310 e. The Morgan fingerprint density at radius 3 is 1.46 bits per heavy atom. The summed E-state index contributed by atoms with van der Waals surface area (Å²) < 4.78 is 0. The van der Waals surface area contributed by atoms with Crippen LogP contribution in [0.4, 0.5) is 17.1 Å². The van der Waals surface area contributed by atoms with Gasteiger partial charge in [-0.2, -0.15) is 0 Å². The highest BCUT2D eigenvalue weighted by molar-refractivity contribution is 6.17. The molecule has 7 rings (SSSR count). The fraction of sp³-hybridized carbons (Fsp3) is 0. The van der Waals surface area contributed by atoms with Gasteiger partial charge in [0.2, 0.25) is 0 Å². The molecule has 0 heterocycles. The molecule has 174 valence electrons. The second kappa shape index (κ2) is 8.96. The molecule has 0 amide bonds. The summed E-state index contributed by atoms with van der Waals surface area (Å²) in [4.78, 5) is 2.32. The smallest absolute Gasteiger partial charge is 0.0468 e.